The number of benzene rings is 1. The first-order valence-electron chi connectivity index (χ1n) is 12.5. The van der Waals surface area contributed by atoms with Gasteiger partial charge in [0.05, 0.1) is 16.9 Å². The van der Waals surface area contributed by atoms with Crippen LogP contribution in [0.3, 0.4) is 0 Å². The van der Waals surface area contributed by atoms with Crippen molar-refractivity contribution >= 4 is 23.3 Å². The van der Waals surface area contributed by atoms with E-state index in [0.717, 1.165) is 28.2 Å². The first-order valence-corrected chi connectivity index (χ1v) is 12.8. The van der Waals surface area contributed by atoms with E-state index in [2.05, 4.69) is 53.0 Å². The average molecular weight is 513 g/mol. The lowest BCUT2D eigenvalue weighted by Gasteiger charge is -2.35. The molecule has 8 heteroatoms. The molecule has 0 radical (unpaired) electrons. The first-order chi connectivity index (χ1) is 17.9. The summed E-state index contributed by atoms with van der Waals surface area (Å²) in [6.45, 7) is 8.74. The number of rotatable bonds is 5. The number of amides is 1. The van der Waals surface area contributed by atoms with Gasteiger partial charge in [-0.1, -0.05) is 55.8 Å². The SMILES string of the molecule is Cc1cccnc1C(=O)N1CCN(c2cnc(-c3ccc(C(C)C)cc3)c(-c3ccncc3Cl)n2)CC1. The monoisotopic (exact) mass is 512 g/mol. The minimum absolute atomic E-state index is 0.0340. The molecular weight excluding hydrogens is 484 g/mol. The second kappa shape index (κ2) is 10.6. The Morgan fingerprint density at radius 2 is 1.68 bits per heavy atom. The summed E-state index contributed by atoms with van der Waals surface area (Å²) in [7, 11) is 0. The molecular formula is C29H29ClN6O. The minimum Gasteiger partial charge on any atom is -0.352 e. The Bertz CT molecular complexity index is 1410. The molecule has 4 aromatic rings. The third-order valence-corrected chi connectivity index (χ3v) is 7.04. The predicted octanol–water partition coefficient (Wildman–Crippen LogP) is 5.65. The van der Waals surface area contributed by atoms with E-state index in [1.54, 1.807) is 18.6 Å². The largest absolute Gasteiger partial charge is 0.352 e. The van der Waals surface area contributed by atoms with Gasteiger partial charge in [-0.15, -0.1) is 0 Å². The van der Waals surface area contributed by atoms with Crippen LogP contribution in [-0.4, -0.2) is 56.9 Å². The molecule has 0 bridgehead atoms. The molecule has 1 aromatic carbocycles. The fraction of sp³-hybridized carbons (Fsp3) is 0.276. The number of nitrogens with zero attached hydrogens (tertiary/aromatic N) is 6. The molecule has 1 aliphatic rings. The molecule has 3 aromatic heterocycles. The molecule has 0 atom stereocenters. The fourth-order valence-electron chi connectivity index (χ4n) is 4.52. The van der Waals surface area contributed by atoms with Crippen LogP contribution < -0.4 is 4.90 Å². The summed E-state index contributed by atoms with van der Waals surface area (Å²) in [5.41, 5.74) is 5.91. The highest BCUT2D eigenvalue weighted by molar-refractivity contribution is 6.33. The molecule has 0 spiro atoms. The molecule has 4 heterocycles. The van der Waals surface area contributed by atoms with Crippen molar-refractivity contribution in [1.29, 1.82) is 0 Å². The van der Waals surface area contributed by atoms with Gasteiger partial charge in [0.2, 0.25) is 0 Å². The standard InChI is InChI=1S/C29H29ClN6O/c1-19(2)21-6-8-22(9-7-21)27-28(23-10-12-31-17-24(23)30)34-25(18-33-27)35-13-15-36(16-14-35)29(37)26-20(3)5-4-11-32-26/h4-12,17-19H,13-16H2,1-3H3. The van der Waals surface area contributed by atoms with Gasteiger partial charge >= 0.3 is 0 Å². The van der Waals surface area contributed by atoms with Crippen LogP contribution in [0.15, 0.2) is 67.3 Å². The summed E-state index contributed by atoms with van der Waals surface area (Å²) in [6, 6.07) is 14.1. The average Bonchev–Trinajstić information content (AvgIpc) is 2.93. The highest BCUT2D eigenvalue weighted by Crippen LogP contribution is 2.35. The van der Waals surface area contributed by atoms with Crippen molar-refractivity contribution in [2.75, 3.05) is 31.1 Å². The number of aromatic nitrogens is 4. The topological polar surface area (TPSA) is 75.1 Å². The number of piperazine rings is 1. The summed E-state index contributed by atoms with van der Waals surface area (Å²) in [5.74, 6) is 1.17. The number of hydrogen-bond acceptors (Lipinski definition) is 6. The van der Waals surface area contributed by atoms with Gasteiger partial charge in [-0.25, -0.2) is 4.98 Å². The van der Waals surface area contributed by atoms with Crippen LogP contribution in [0.25, 0.3) is 22.5 Å². The van der Waals surface area contributed by atoms with Crippen molar-refractivity contribution in [3.8, 4) is 22.5 Å². The Kier molecular flexibility index (Phi) is 7.15. The van der Waals surface area contributed by atoms with Crippen molar-refractivity contribution in [3.63, 3.8) is 0 Å². The molecule has 1 amide bonds. The van der Waals surface area contributed by atoms with Crippen LogP contribution in [0.4, 0.5) is 5.82 Å². The van der Waals surface area contributed by atoms with Gasteiger partial charge in [-0.2, -0.15) is 0 Å². The molecule has 188 valence electrons. The minimum atomic E-state index is -0.0340. The van der Waals surface area contributed by atoms with Gasteiger partial charge in [-0.3, -0.25) is 19.7 Å². The van der Waals surface area contributed by atoms with Crippen LogP contribution in [0.2, 0.25) is 5.02 Å². The highest BCUT2D eigenvalue weighted by Gasteiger charge is 2.26. The van der Waals surface area contributed by atoms with Gasteiger partial charge in [0.15, 0.2) is 0 Å². The smallest absolute Gasteiger partial charge is 0.272 e. The second-order valence-electron chi connectivity index (χ2n) is 9.51. The Morgan fingerprint density at radius 1 is 0.919 bits per heavy atom. The fourth-order valence-corrected chi connectivity index (χ4v) is 4.73. The normalized spacial score (nSPS) is 13.8. The molecule has 37 heavy (non-hydrogen) atoms. The molecule has 1 fully saturated rings. The zero-order valence-corrected chi connectivity index (χ0v) is 22.0. The Morgan fingerprint density at radius 3 is 2.35 bits per heavy atom. The van der Waals surface area contributed by atoms with Gasteiger partial charge in [-0.05, 0) is 36.1 Å². The van der Waals surface area contributed by atoms with E-state index >= 15 is 0 Å². The number of halogens is 1. The molecule has 0 aliphatic carbocycles. The molecule has 0 saturated carbocycles. The van der Waals surface area contributed by atoms with Gasteiger partial charge < -0.3 is 9.80 Å². The maximum atomic E-state index is 13.0. The zero-order valence-electron chi connectivity index (χ0n) is 21.2. The van der Waals surface area contributed by atoms with E-state index in [4.69, 9.17) is 21.6 Å². The molecule has 1 aliphatic heterocycles. The van der Waals surface area contributed by atoms with E-state index in [-0.39, 0.29) is 5.91 Å². The lowest BCUT2D eigenvalue weighted by molar-refractivity contribution is 0.0740. The van der Waals surface area contributed by atoms with Gasteiger partial charge in [0.25, 0.3) is 5.91 Å². The van der Waals surface area contributed by atoms with Gasteiger partial charge in [0.1, 0.15) is 17.2 Å². The molecule has 0 N–H and O–H groups in total. The Labute approximate surface area is 222 Å². The maximum Gasteiger partial charge on any atom is 0.272 e. The van der Waals surface area contributed by atoms with Crippen LogP contribution in [0, 0.1) is 6.92 Å². The van der Waals surface area contributed by atoms with E-state index in [1.807, 2.05) is 36.2 Å². The van der Waals surface area contributed by atoms with Crippen molar-refractivity contribution < 1.29 is 4.79 Å². The lowest BCUT2D eigenvalue weighted by atomic mass is 9.99. The van der Waals surface area contributed by atoms with Crippen LogP contribution >= 0.6 is 11.6 Å². The van der Waals surface area contributed by atoms with Crippen LogP contribution in [0.1, 0.15) is 41.4 Å². The quantitative estimate of drug-likeness (QED) is 0.344. The molecule has 5 rings (SSSR count). The number of aryl methyl sites for hydroxylation is 1. The number of anilines is 1. The summed E-state index contributed by atoms with van der Waals surface area (Å²) >= 11 is 6.55. The summed E-state index contributed by atoms with van der Waals surface area (Å²) in [5, 5.41) is 0.523. The lowest BCUT2D eigenvalue weighted by Crippen LogP contribution is -2.49. The van der Waals surface area contributed by atoms with E-state index < -0.39 is 0 Å². The summed E-state index contributed by atoms with van der Waals surface area (Å²) in [6.07, 6.45) is 6.81. The Balaban J connectivity index is 1.43. The first kappa shape index (κ1) is 24.8. The predicted molar refractivity (Wildman–Crippen MR) is 147 cm³/mol. The van der Waals surface area contributed by atoms with Crippen molar-refractivity contribution in [2.45, 2.75) is 26.7 Å². The van der Waals surface area contributed by atoms with E-state index in [0.29, 0.717) is 48.5 Å². The summed E-state index contributed by atoms with van der Waals surface area (Å²) < 4.78 is 0. The molecule has 7 nitrogen and oxygen atoms in total. The zero-order chi connectivity index (χ0) is 25.9. The maximum absolute atomic E-state index is 13.0. The van der Waals surface area contributed by atoms with Crippen molar-refractivity contribution in [1.82, 2.24) is 24.8 Å². The third-order valence-electron chi connectivity index (χ3n) is 6.74. The Hall–Kier alpha value is -3.84. The number of carbonyl (C=O) groups is 1. The van der Waals surface area contributed by atoms with Crippen molar-refractivity contribution in [2.24, 2.45) is 0 Å². The molecule has 0 unspecified atom stereocenters. The van der Waals surface area contributed by atoms with E-state index in [1.165, 1.54) is 5.56 Å². The molecule has 1 saturated heterocycles. The van der Waals surface area contributed by atoms with Crippen LogP contribution in [-0.2, 0) is 0 Å². The van der Waals surface area contributed by atoms with Crippen LogP contribution in [0.5, 0.6) is 0 Å². The number of carbonyl (C=O) groups excluding carboxylic acids is 1. The van der Waals surface area contributed by atoms with E-state index in [9.17, 15) is 4.79 Å². The number of pyridine rings is 2. The third kappa shape index (κ3) is 5.18. The second-order valence-corrected chi connectivity index (χ2v) is 9.91. The number of hydrogen-bond donors (Lipinski definition) is 0. The van der Waals surface area contributed by atoms with Gasteiger partial charge in [0, 0.05) is 55.9 Å². The highest BCUT2D eigenvalue weighted by atomic mass is 35.5. The summed E-state index contributed by atoms with van der Waals surface area (Å²) in [4.78, 5) is 35.3. The van der Waals surface area contributed by atoms with Crippen molar-refractivity contribution in [3.05, 3.63) is 89.1 Å².